The second-order valence-electron chi connectivity index (χ2n) is 6.30. The van der Waals surface area contributed by atoms with Gasteiger partial charge in [-0.1, -0.05) is 18.2 Å². The zero-order chi connectivity index (χ0) is 21.3. The number of nitrogens with one attached hydrogen (secondary N) is 1. The van der Waals surface area contributed by atoms with Crippen molar-refractivity contribution in [2.24, 2.45) is 0 Å². The number of amides is 1. The lowest BCUT2D eigenvalue weighted by Gasteiger charge is -2.14. The Bertz CT molecular complexity index is 1040. The maximum atomic E-state index is 13.6. The number of benzene rings is 2. The van der Waals surface area contributed by atoms with E-state index in [1.54, 1.807) is 0 Å². The number of carbonyl (C=O) groups is 1. The van der Waals surface area contributed by atoms with Gasteiger partial charge in [-0.05, 0) is 42.8 Å². The number of carbonyl (C=O) groups excluding carboxylic acids is 1. The Morgan fingerprint density at radius 1 is 1.07 bits per heavy atom. The summed E-state index contributed by atoms with van der Waals surface area (Å²) in [5, 5.41) is 2.47. The molecule has 2 aromatic carbocycles. The lowest BCUT2D eigenvalue weighted by molar-refractivity contribution is -0.137. The fourth-order valence-corrected chi connectivity index (χ4v) is 2.75. The third-order valence-corrected chi connectivity index (χ3v) is 4.28. The van der Waals surface area contributed by atoms with E-state index in [-0.39, 0.29) is 22.6 Å². The molecule has 1 heterocycles. The van der Waals surface area contributed by atoms with Gasteiger partial charge in [0.15, 0.2) is 5.76 Å². The fraction of sp³-hybridized carbons (Fsp3) is 0.150. The summed E-state index contributed by atoms with van der Waals surface area (Å²) in [6, 6.07) is 8.40. The van der Waals surface area contributed by atoms with Crippen LogP contribution < -0.4 is 11.1 Å². The molecular weight excluding hydrogens is 395 g/mol. The van der Waals surface area contributed by atoms with Gasteiger partial charge in [0, 0.05) is 5.56 Å². The van der Waals surface area contributed by atoms with E-state index >= 15 is 0 Å². The molecule has 0 spiro atoms. The van der Waals surface area contributed by atoms with Crippen LogP contribution in [0.4, 0.5) is 27.6 Å². The molecule has 29 heavy (non-hydrogen) atoms. The van der Waals surface area contributed by atoms with E-state index in [2.05, 4.69) is 5.32 Å². The van der Waals surface area contributed by atoms with Crippen LogP contribution in [0.1, 0.15) is 34.6 Å². The molecular formula is C20H15F5N2O2. The highest BCUT2D eigenvalue weighted by Crippen LogP contribution is 2.37. The van der Waals surface area contributed by atoms with Crippen molar-refractivity contribution < 1.29 is 31.2 Å². The molecule has 4 nitrogen and oxygen atoms in total. The topological polar surface area (TPSA) is 68.3 Å². The van der Waals surface area contributed by atoms with Gasteiger partial charge in [-0.3, -0.25) is 4.79 Å². The Morgan fingerprint density at radius 2 is 1.69 bits per heavy atom. The number of nitrogens with two attached hydrogens (primary N) is 1. The van der Waals surface area contributed by atoms with E-state index in [0.717, 1.165) is 18.2 Å². The highest BCUT2D eigenvalue weighted by molar-refractivity contribution is 5.92. The van der Waals surface area contributed by atoms with Crippen molar-refractivity contribution in [2.75, 3.05) is 5.73 Å². The molecule has 0 aliphatic carbocycles. The van der Waals surface area contributed by atoms with Gasteiger partial charge in [-0.25, -0.2) is 8.78 Å². The van der Waals surface area contributed by atoms with Gasteiger partial charge < -0.3 is 15.5 Å². The number of alkyl halides is 3. The molecule has 0 radical (unpaired) electrons. The molecule has 1 atom stereocenters. The summed E-state index contributed by atoms with van der Waals surface area (Å²) < 4.78 is 72.0. The zero-order valence-electron chi connectivity index (χ0n) is 15.0. The fourth-order valence-electron chi connectivity index (χ4n) is 2.75. The van der Waals surface area contributed by atoms with Crippen LogP contribution in [-0.4, -0.2) is 5.91 Å². The first-order valence-corrected chi connectivity index (χ1v) is 8.39. The smallest absolute Gasteiger partial charge is 0.417 e. The van der Waals surface area contributed by atoms with Crippen LogP contribution in [0.3, 0.4) is 0 Å². The van der Waals surface area contributed by atoms with Gasteiger partial charge in [0.25, 0.3) is 5.91 Å². The average Bonchev–Trinajstić information content (AvgIpc) is 3.15. The molecule has 3 rings (SSSR count). The molecule has 0 aliphatic rings. The molecule has 1 amide bonds. The summed E-state index contributed by atoms with van der Waals surface area (Å²) in [5.74, 6) is -3.08. The van der Waals surface area contributed by atoms with E-state index in [9.17, 15) is 26.7 Å². The van der Waals surface area contributed by atoms with Gasteiger partial charge >= 0.3 is 6.18 Å². The van der Waals surface area contributed by atoms with Gasteiger partial charge in [-0.2, -0.15) is 13.2 Å². The first-order valence-electron chi connectivity index (χ1n) is 8.39. The predicted octanol–water partition coefficient (Wildman–Crippen LogP) is 5.32. The van der Waals surface area contributed by atoms with Crippen molar-refractivity contribution in [3.8, 4) is 11.3 Å². The van der Waals surface area contributed by atoms with Crippen molar-refractivity contribution in [1.82, 2.24) is 5.32 Å². The Labute approximate surface area is 162 Å². The second-order valence-corrected chi connectivity index (χ2v) is 6.30. The van der Waals surface area contributed by atoms with E-state index in [0.29, 0.717) is 0 Å². The summed E-state index contributed by atoms with van der Waals surface area (Å²) in [6.45, 7) is 1.48. The van der Waals surface area contributed by atoms with Crippen LogP contribution in [-0.2, 0) is 6.18 Å². The monoisotopic (exact) mass is 410 g/mol. The molecule has 0 bridgehead atoms. The number of hydrogen-bond donors (Lipinski definition) is 2. The lowest BCUT2D eigenvalue weighted by Crippen LogP contribution is -2.26. The number of hydrogen-bond acceptors (Lipinski definition) is 3. The summed E-state index contributed by atoms with van der Waals surface area (Å²) in [6.07, 6.45) is -4.59. The summed E-state index contributed by atoms with van der Waals surface area (Å²) in [5.41, 5.74) is 3.59. The minimum absolute atomic E-state index is 0.122. The van der Waals surface area contributed by atoms with E-state index in [4.69, 9.17) is 10.2 Å². The molecule has 0 aliphatic heterocycles. The summed E-state index contributed by atoms with van der Waals surface area (Å²) in [7, 11) is 0. The molecule has 3 N–H and O–H groups in total. The van der Waals surface area contributed by atoms with Crippen molar-refractivity contribution in [2.45, 2.75) is 19.1 Å². The van der Waals surface area contributed by atoms with Crippen molar-refractivity contribution in [3.05, 3.63) is 77.1 Å². The summed E-state index contributed by atoms with van der Waals surface area (Å²) in [4.78, 5) is 12.4. The van der Waals surface area contributed by atoms with Gasteiger partial charge in [0.2, 0.25) is 0 Å². The number of rotatable bonds is 4. The largest absolute Gasteiger partial charge is 0.451 e. The molecule has 1 aromatic heterocycles. The van der Waals surface area contributed by atoms with E-state index < -0.39 is 41.0 Å². The van der Waals surface area contributed by atoms with Crippen LogP contribution in [0.2, 0.25) is 0 Å². The Kier molecular flexibility index (Phi) is 5.32. The van der Waals surface area contributed by atoms with Crippen LogP contribution in [0.25, 0.3) is 11.3 Å². The molecule has 0 saturated heterocycles. The quantitative estimate of drug-likeness (QED) is 0.452. The molecule has 152 valence electrons. The van der Waals surface area contributed by atoms with Crippen molar-refractivity contribution >= 4 is 11.6 Å². The number of furan rings is 1. The van der Waals surface area contributed by atoms with Gasteiger partial charge in [-0.15, -0.1) is 0 Å². The van der Waals surface area contributed by atoms with Gasteiger partial charge in [0.1, 0.15) is 23.1 Å². The number of nitrogen functional groups attached to an aromatic ring is 1. The van der Waals surface area contributed by atoms with Crippen LogP contribution >= 0.6 is 0 Å². The second kappa shape index (κ2) is 7.57. The van der Waals surface area contributed by atoms with Crippen molar-refractivity contribution in [3.63, 3.8) is 0 Å². The maximum absolute atomic E-state index is 13.6. The number of halogens is 5. The Hall–Kier alpha value is -3.36. The highest BCUT2D eigenvalue weighted by Gasteiger charge is 2.34. The van der Waals surface area contributed by atoms with Crippen LogP contribution in [0, 0.1) is 11.6 Å². The van der Waals surface area contributed by atoms with E-state index in [1.807, 2.05) is 0 Å². The molecule has 3 aromatic rings. The number of anilines is 1. The Balaban J connectivity index is 1.82. The Morgan fingerprint density at radius 3 is 2.31 bits per heavy atom. The lowest BCUT2D eigenvalue weighted by atomic mass is 10.1. The minimum atomic E-state index is -4.59. The maximum Gasteiger partial charge on any atom is 0.417 e. The van der Waals surface area contributed by atoms with E-state index in [1.165, 1.54) is 37.3 Å². The average molecular weight is 410 g/mol. The minimum Gasteiger partial charge on any atom is -0.451 e. The third-order valence-electron chi connectivity index (χ3n) is 4.28. The SMILES string of the molecule is C[C@@H](NC(=O)c1ccc(-c2ccccc2C(F)(F)F)o1)c1cc(F)c(N)c(F)c1. The van der Waals surface area contributed by atoms with Crippen LogP contribution in [0.15, 0.2) is 52.9 Å². The molecule has 0 saturated carbocycles. The van der Waals surface area contributed by atoms with Gasteiger partial charge in [0.05, 0.1) is 11.6 Å². The predicted molar refractivity (Wildman–Crippen MR) is 95.8 cm³/mol. The molecule has 0 fully saturated rings. The van der Waals surface area contributed by atoms with Crippen LogP contribution in [0.5, 0.6) is 0 Å². The first kappa shape index (κ1) is 20.4. The molecule has 9 heteroatoms. The van der Waals surface area contributed by atoms with Crippen molar-refractivity contribution in [1.29, 1.82) is 0 Å². The highest BCUT2D eigenvalue weighted by atomic mass is 19.4. The normalized spacial score (nSPS) is 12.6. The summed E-state index contributed by atoms with van der Waals surface area (Å²) >= 11 is 0. The zero-order valence-corrected chi connectivity index (χ0v) is 15.0. The molecule has 0 unspecified atom stereocenters. The standard InChI is InChI=1S/C20H15F5N2O2/c1-10(11-8-14(21)18(26)15(22)9-11)27-19(28)17-7-6-16(29-17)12-4-2-3-5-13(12)20(23,24)25/h2-10H,26H2,1H3,(H,27,28)/t10-/m1/s1. The first-order chi connectivity index (χ1) is 13.6. The third kappa shape index (κ3) is 4.23.